The van der Waals surface area contributed by atoms with Crippen LogP contribution in [0.15, 0.2) is 78.0 Å². The molecule has 4 aromatic rings. The largest absolute Gasteiger partial charge is 0.497 e. The molecule has 1 N–H and O–H groups in total. The SMILES string of the molecule is COc1ccc2c(c1)cc(C(C)c1ccncc1C(=O)O)n2S(=O)(=O)c1ccccc1. The molecule has 2 aromatic heterocycles. The Morgan fingerprint density at radius 3 is 2.52 bits per heavy atom. The number of aromatic carboxylic acids is 1. The van der Waals surface area contributed by atoms with E-state index in [9.17, 15) is 18.3 Å². The van der Waals surface area contributed by atoms with Crippen molar-refractivity contribution in [2.45, 2.75) is 17.7 Å². The summed E-state index contributed by atoms with van der Waals surface area (Å²) in [5.41, 5.74) is 1.43. The highest BCUT2D eigenvalue weighted by molar-refractivity contribution is 7.90. The number of aromatic nitrogens is 2. The number of ether oxygens (including phenoxy) is 1. The molecule has 0 amide bonds. The minimum atomic E-state index is -3.95. The fourth-order valence-corrected chi connectivity index (χ4v) is 5.33. The summed E-state index contributed by atoms with van der Waals surface area (Å²) in [4.78, 5) is 15.8. The van der Waals surface area contributed by atoms with Gasteiger partial charge in [-0.15, -0.1) is 0 Å². The highest BCUT2D eigenvalue weighted by Gasteiger charge is 2.28. The molecule has 8 heteroatoms. The van der Waals surface area contributed by atoms with Gasteiger partial charge < -0.3 is 9.84 Å². The van der Waals surface area contributed by atoms with E-state index in [4.69, 9.17) is 4.74 Å². The van der Waals surface area contributed by atoms with Crippen molar-refractivity contribution in [3.8, 4) is 5.75 Å². The van der Waals surface area contributed by atoms with Crippen LogP contribution in [0.1, 0.15) is 34.5 Å². The van der Waals surface area contributed by atoms with Crippen LogP contribution in [0, 0.1) is 0 Å². The fraction of sp³-hybridized carbons (Fsp3) is 0.130. The Morgan fingerprint density at radius 2 is 1.84 bits per heavy atom. The molecule has 0 bridgehead atoms. The van der Waals surface area contributed by atoms with Gasteiger partial charge >= 0.3 is 5.97 Å². The monoisotopic (exact) mass is 436 g/mol. The minimum absolute atomic E-state index is 0.0292. The second-order valence-corrected chi connectivity index (χ2v) is 8.85. The van der Waals surface area contributed by atoms with Gasteiger partial charge in [-0.2, -0.15) is 0 Å². The van der Waals surface area contributed by atoms with Crippen LogP contribution in [-0.4, -0.2) is 35.6 Å². The van der Waals surface area contributed by atoms with Crippen molar-refractivity contribution >= 4 is 26.9 Å². The summed E-state index contributed by atoms with van der Waals surface area (Å²) in [7, 11) is -2.41. The molecule has 0 aliphatic rings. The zero-order valence-corrected chi connectivity index (χ0v) is 17.7. The van der Waals surface area contributed by atoms with E-state index in [1.165, 1.54) is 28.5 Å². The molecule has 0 saturated heterocycles. The van der Waals surface area contributed by atoms with Gasteiger partial charge in [0.2, 0.25) is 0 Å². The van der Waals surface area contributed by atoms with Gasteiger partial charge in [-0.25, -0.2) is 17.2 Å². The number of pyridine rings is 1. The first kappa shape index (κ1) is 20.6. The summed E-state index contributed by atoms with van der Waals surface area (Å²) >= 11 is 0. The van der Waals surface area contributed by atoms with Crippen LogP contribution in [0.2, 0.25) is 0 Å². The lowest BCUT2D eigenvalue weighted by Gasteiger charge is -2.18. The van der Waals surface area contributed by atoms with E-state index < -0.39 is 21.9 Å². The number of carbonyl (C=O) groups is 1. The topological polar surface area (TPSA) is 98.5 Å². The molecule has 1 unspecified atom stereocenters. The molecule has 158 valence electrons. The first-order valence-corrected chi connectivity index (χ1v) is 11.0. The average Bonchev–Trinajstić information content (AvgIpc) is 3.18. The molecular weight excluding hydrogens is 416 g/mol. The Labute approximate surface area is 179 Å². The Hall–Kier alpha value is -3.65. The minimum Gasteiger partial charge on any atom is -0.497 e. The third-order valence-electron chi connectivity index (χ3n) is 5.27. The van der Waals surface area contributed by atoms with Crippen molar-refractivity contribution in [2.24, 2.45) is 0 Å². The predicted octanol–water partition coefficient (Wildman–Crippen LogP) is 4.13. The van der Waals surface area contributed by atoms with E-state index >= 15 is 0 Å². The van der Waals surface area contributed by atoms with Gasteiger partial charge in [0, 0.05) is 29.4 Å². The number of nitrogens with zero attached hydrogens (tertiary/aromatic N) is 2. The predicted molar refractivity (Wildman–Crippen MR) is 116 cm³/mol. The number of benzene rings is 2. The van der Waals surface area contributed by atoms with E-state index in [-0.39, 0.29) is 10.5 Å². The fourth-order valence-electron chi connectivity index (χ4n) is 3.70. The van der Waals surface area contributed by atoms with Gasteiger partial charge in [0.15, 0.2) is 0 Å². The lowest BCUT2D eigenvalue weighted by atomic mass is 9.94. The number of hydrogen-bond donors (Lipinski definition) is 1. The average molecular weight is 436 g/mol. The van der Waals surface area contributed by atoms with Crippen LogP contribution in [-0.2, 0) is 10.0 Å². The summed E-state index contributed by atoms with van der Waals surface area (Å²) in [6.07, 6.45) is 2.77. The van der Waals surface area contributed by atoms with Crippen molar-refractivity contribution in [1.29, 1.82) is 0 Å². The van der Waals surface area contributed by atoms with Crippen molar-refractivity contribution in [3.05, 3.63) is 89.9 Å². The number of carboxylic acids is 1. The van der Waals surface area contributed by atoms with E-state index in [1.54, 1.807) is 62.6 Å². The summed E-state index contributed by atoms with van der Waals surface area (Å²) in [6, 6.07) is 16.7. The van der Waals surface area contributed by atoms with Gasteiger partial charge in [0.25, 0.3) is 10.0 Å². The number of methoxy groups -OCH3 is 1. The van der Waals surface area contributed by atoms with Crippen molar-refractivity contribution < 1.29 is 23.1 Å². The lowest BCUT2D eigenvalue weighted by Crippen LogP contribution is -2.18. The van der Waals surface area contributed by atoms with Crippen molar-refractivity contribution in [1.82, 2.24) is 8.96 Å². The molecule has 0 aliphatic carbocycles. The summed E-state index contributed by atoms with van der Waals surface area (Å²) in [5.74, 6) is -1.06. The molecule has 0 spiro atoms. The maximum atomic E-state index is 13.6. The number of hydrogen-bond acceptors (Lipinski definition) is 5. The zero-order valence-electron chi connectivity index (χ0n) is 16.9. The van der Waals surface area contributed by atoms with Gasteiger partial charge in [-0.1, -0.05) is 25.1 Å². The Balaban J connectivity index is 2.02. The molecule has 0 aliphatic heterocycles. The Bertz CT molecular complexity index is 1380. The van der Waals surface area contributed by atoms with Crippen molar-refractivity contribution in [2.75, 3.05) is 7.11 Å². The van der Waals surface area contributed by atoms with Gasteiger partial charge in [-0.3, -0.25) is 4.98 Å². The first-order chi connectivity index (χ1) is 14.8. The normalized spacial score (nSPS) is 12.6. The highest BCUT2D eigenvalue weighted by Crippen LogP contribution is 2.35. The van der Waals surface area contributed by atoms with Gasteiger partial charge in [-0.05, 0) is 48.0 Å². The molecule has 7 nitrogen and oxygen atoms in total. The first-order valence-electron chi connectivity index (χ1n) is 9.52. The molecular formula is C23H20N2O5S. The number of rotatable bonds is 6. The summed E-state index contributed by atoms with van der Waals surface area (Å²) in [5, 5.41) is 10.3. The summed E-state index contributed by atoms with van der Waals surface area (Å²) < 4.78 is 33.9. The molecule has 0 saturated carbocycles. The number of carboxylic acid groups (broad SMARTS) is 1. The van der Waals surface area contributed by atoms with Crippen LogP contribution in [0.5, 0.6) is 5.75 Å². The third-order valence-corrected chi connectivity index (χ3v) is 7.02. The van der Waals surface area contributed by atoms with E-state index in [1.807, 2.05) is 0 Å². The quantitative estimate of drug-likeness (QED) is 0.488. The molecule has 2 aromatic carbocycles. The highest BCUT2D eigenvalue weighted by atomic mass is 32.2. The molecule has 31 heavy (non-hydrogen) atoms. The maximum Gasteiger partial charge on any atom is 0.337 e. The Kier molecular flexibility index (Phi) is 5.24. The van der Waals surface area contributed by atoms with Crippen molar-refractivity contribution in [3.63, 3.8) is 0 Å². The van der Waals surface area contributed by atoms with Crippen LogP contribution < -0.4 is 4.74 Å². The van der Waals surface area contributed by atoms with Crippen LogP contribution in [0.25, 0.3) is 10.9 Å². The summed E-state index contributed by atoms with van der Waals surface area (Å²) in [6.45, 7) is 1.78. The molecule has 4 rings (SSSR count). The smallest absolute Gasteiger partial charge is 0.337 e. The zero-order chi connectivity index (χ0) is 22.2. The van der Waals surface area contributed by atoms with Crippen LogP contribution in [0.4, 0.5) is 0 Å². The molecule has 1 atom stereocenters. The third kappa shape index (κ3) is 3.55. The van der Waals surface area contributed by atoms with E-state index in [2.05, 4.69) is 4.98 Å². The second kappa shape index (κ2) is 7.88. The second-order valence-electron chi connectivity index (χ2n) is 7.07. The lowest BCUT2D eigenvalue weighted by molar-refractivity contribution is 0.0695. The number of fused-ring (bicyclic) bond motifs is 1. The van der Waals surface area contributed by atoms with E-state index in [0.717, 1.165) is 0 Å². The molecule has 2 heterocycles. The van der Waals surface area contributed by atoms with E-state index in [0.29, 0.717) is 27.9 Å². The van der Waals surface area contributed by atoms with Gasteiger partial charge in [0.05, 0.1) is 23.1 Å². The Morgan fingerprint density at radius 1 is 1.10 bits per heavy atom. The van der Waals surface area contributed by atoms with Gasteiger partial charge in [0.1, 0.15) is 5.75 Å². The molecule has 0 radical (unpaired) electrons. The standard InChI is InChI=1S/C23H20N2O5S/c1-15(19-10-11-24-14-20(19)23(26)27)22-13-16-12-17(30-2)8-9-21(16)25(22)31(28,29)18-6-4-3-5-7-18/h3-15H,1-2H3,(H,26,27). The molecule has 0 fully saturated rings. The van der Waals surface area contributed by atoms with Crippen LogP contribution in [0.3, 0.4) is 0 Å². The van der Waals surface area contributed by atoms with Crippen LogP contribution >= 0.6 is 0 Å². The maximum absolute atomic E-state index is 13.6.